The molecule has 1 fully saturated rings. The average molecular weight is 251 g/mol. The van der Waals surface area contributed by atoms with Gasteiger partial charge >= 0.3 is 41.5 Å². The van der Waals surface area contributed by atoms with Gasteiger partial charge in [0.15, 0.2) is 0 Å². The number of carbonyl (C=O) groups is 2. The first-order valence-corrected chi connectivity index (χ1v) is 5.40. The van der Waals surface area contributed by atoms with Crippen molar-refractivity contribution in [3.63, 3.8) is 0 Å². The van der Waals surface area contributed by atoms with Crippen LogP contribution in [0.4, 0.5) is 0 Å². The third-order valence-electron chi connectivity index (χ3n) is 2.60. The van der Waals surface area contributed by atoms with Gasteiger partial charge in [0.05, 0.1) is 6.61 Å². The Morgan fingerprint density at radius 1 is 1.59 bits per heavy atom. The maximum atomic E-state index is 11.2. The summed E-state index contributed by atoms with van der Waals surface area (Å²) >= 11 is 0. The van der Waals surface area contributed by atoms with E-state index in [2.05, 4.69) is 0 Å². The molecule has 92 valence electrons. The molecule has 0 spiro atoms. The second-order valence-electron chi connectivity index (χ2n) is 3.73. The van der Waals surface area contributed by atoms with Crippen LogP contribution in [-0.4, -0.2) is 41.1 Å². The van der Waals surface area contributed by atoms with Gasteiger partial charge in [-0.1, -0.05) is 0 Å². The molecular formula is C11H18NNaO4. The van der Waals surface area contributed by atoms with Crippen LogP contribution in [-0.2, 0) is 14.3 Å². The summed E-state index contributed by atoms with van der Waals surface area (Å²) in [6.45, 7) is 4.47. The number of hydrogen-bond acceptors (Lipinski definition) is 4. The summed E-state index contributed by atoms with van der Waals surface area (Å²) in [5.74, 6) is -1.26. The summed E-state index contributed by atoms with van der Waals surface area (Å²) in [5.41, 5.74) is 0.656. The van der Waals surface area contributed by atoms with E-state index in [1.165, 1.54) is 6.08 Å². The van der Waals surface area contributed by atoms with Crippen LogP contribution >= 0.6 is 0 Å². The molecule has 5 nitrogen and oxygen atoms in total. The molecule has 0 aliphatic carbocycles. The summed E-state index contributed by atoms with van der Waals surface area (Å²) in [5, 5.41) is 8.98. The predicted octanol–water partition coefficient (Wildman–Crippen LogP) is -1.88. The Balaban J connectivity index is 0. The molecule has 1 heterocycles. The fraction of sp³-hybridized carbons (Fsp3) is 0.636. The van der Waals surface area contributed by atoms with Gasteiger partial charge in [-0.15, -0.1) is 0 Å². The first kappa shape index (κ1) is 16.5. The smallest absolute Gasteiger partial charge is 1.00 e. The number of carbonyl (C=O) groups excluding carboxylic acids is 1. The molecule has 1 saturated heterocycles. The molecule has 6 heteroatoms. The summed E-state index contributed by atoms with van der Waals surface area (Å²) in [6.07, 6.45) is 2.82. The van der Waals surface area contributed by atoms with E-state index in [4.69, 9.17) is 9.84 Å². The number of aliphatic carboxylic acids is 1. The van der Waals surface area contributed by atoms with Gasteiger partial charge < -0.3 is 16.2 Å². The van der Waals surface area contributed by atoms with Gasteiger partial charge in [-0.05, 0) is 26.7 Å². The second-order valence-corrected chi connectivity index (χ2v) is 3.73. The van der Waals surface area contributed by atoms with E-state index in [1.54, 1.807) is 18.7 Å². The number of carboxylic acid groups (broad SMARTS) is 1. The number of likely N-dealkylation sites (tertiary alicyclic amines) is 1. The van der Waals surface area contributed by atoms with Gasteiger partial charge in [0, 0.05) is 18.3 Å². The number of esters is 1. The molecule has 1 aliphatic rings. The predicted molar refractivity (Wildman–Crippen MR) is 58.9 cm³/mol. The van der Waals surface area contributed by atoms with Crippen LogP contribution in [0.5, 0.6) is 0 Å². The van der Waals surface area contributed by atoms with E-state index in [0.717, 1.165) is 6.42 Å². The zero-order valence-corrected chi connectivity index (χ0v) is 12.6. The summed E-state index contributed by atoms with van der Waals surface area (Å²) in [4.78, 5) is 23.9. The maximum Gasteiger partial charge on any atom is 1.00 e. The van der Waals surface area contributed by atoms with Crippen molar-refractivity contribution in [3.8, 4) is 0 Å². The first-order valence-electron chi connectivity index (χ1n) is 5.40. The largest absolute Gasteiger partial charge is 1.00 e. The van der Waals surface area contributed by atoms with E-state index in [1.807, 2.05) is 0 Å². The fourth-order valence-corrected chi connectivity index (χ4v) is 1.88. The van der Waals surface area contributed by atoms with Gasteiger partial charge in [0.2, 0.25) is 0 Å². The van der Waals surface area contributed by atoms with Crippen LogP contribution in [0, 0.1) is 0 Å². The van der Waals surface area contributed by atoms with Crippen molar-refractivity contribution in [2.75, 3.05) is 13.2 Å². The Morgan fingerprint density at radius 2 is 2.24 bits per heavy atom. The number of rotatable bonds is 4. The molecule has 1 aliphatic heterocycles. The monoisotopic (exact) mass is 251 g/mol. The van der Waals surface area contributed by atoms with Crippen molar-refractivity contribution in [1.29, 1.82) is 0 Å². The van der Waals surface area contributed by atoms with Crippen molar-refractivity contribution in [1.82, 2.24) is 4.90 Å². The number of hydrogen-bond donors (Lipinski definition) is 1. The van der Waals surface area contributed by atoms with E-state index < -0.39 is 18.0 Å². The summed E-state index contributed by atoms with van der Waals surface area (Å²) in [7, 11) is 0. The minimum absolute atomic E-state index is 0. The molecule has 0 aromatic rings. The molecule has 1 atom stereocenters. The number of ether oxygens (including phenoxy) is 1. The van der Waals surface area contributed by atoms with E-state index in [0.29, 0.717) is 25.3 Å². The van der Waals surface area contributed by atoms with Crippen LogP contribution in [0.2, 0.25) is 0 Å². The SMILES string of the molecule is CCOC(=O)/C=C(\C)N1CCC[C@H]1C(=O)O.[H-].[Na+]. The van der Waals surface area contributed by atoms with Crippen molar-refractivity contribution in [2.24, 2.45) is 0 Å². The third kappa shape index (κ3) is 4.69. The summed E-state index contributed by atoms with van der Waals surface area (Å²) in [6, 6.07) is -0.509. The molecule has 0 unspecified atom stereocenters. The Labute approximate surface area is 125 Å². The van der Waals surface area contributed by atoms with Gasteiger partial charge in [-0.3, -0.25) is 0 Å². The molecule has 0 aromatic heterocycles. The van der Waals surface area contributed by atoms with Crippen molar-refractivity contribution >= 4 is 11.9 Å². The zero-order valence-electron chi connectivity index (χ0n) is 11.6. The van der Waals surface area contributed by atoms with Crippen molar-refractivity contribution in [2.45, 2.75) is 32.7 Å². The van der Waals surface area contributed by atoms with Crippen LogP contribution in [0.15, 0.2) is 11.8 Å². The van der Waals surface area contributed by atoms with Gasteiger partial charge in [0.1, 0.15) is 6.04 Å². The quantitative estimate of drug-likeness (QED) is 0.360. The van der Waals surface area contributed by atoms with Crippen molar-refractivity contribution < 1.29 is 50.4 Å². The molecule has 17 heavy (non-hydrogen) atoms. The van der Waals surface area contributed by atoms with E-state index >= 15 is 0 Å². The molecule has 1 rings (SSSR count). The molecule has 0 amide bonds. The topological polar surface area (TPSA) is 66.8 Å². The number of allylic oxidation sites excluding steroid dienone is 1. The number of carboxylic acids is 1. The minimum atomic E-state index is -0.839. The van der Waals surface area contributed by atoms with Gasteiger partial charge in [0.25, 0.3) is 0 Å². The third-order valence-corrected chi connectivity index (χ3v) is 2.60. The summed E-state index contributed by atoms with van der Waals surface area (Å²) < 4.78 is 4.78. The standard InChI is InChI=1S/C11H17NO4.Na.H/c1-3-16-10(13)7-8(2)12-6-4-5-9(12)11(14)15;;/h7,9H,3-6H2,1-2H3,(H,14,15);;/q;+1;-1/b8-7+;;/t9-;;/m0../s1. The van der Waals surface area contributed by atoms with E-state index in [-0.39, 0.29) is 31.0 Å². The molecule has 0 aromatic carbocycles. The first-order chi connectivity index (χ1) is 7.56. The average Bonchev–Trinajstić information content (AvgIpc) is 2.65. The Hall–Kier alpha value is -0.520. The molecule has 0 saturated carbocycles. The molecular weight excluding hydrogens is 233 g/mol. The van der Waals surface area contributed by atoms with Crippen molar-refractivity contribution in [3.05, 3.63) is 11.8 Å². The zero-order chi connectivity index (χ0) is 12.1. The molecule has 0 bridgehead atoms. The Morgan fingerprint density at radius 3 is 2.76 bits per heavy atom. The second kappa shape index (κ2) is 7.74. The molecule has 1 N–H and O–H groups in total. The van der Waals surface area contributed by atoms with Gasteiger partial charge in [-0.2, -0.15) is 0 Å². The Bertz CT molecular complexity index is 322. The number of nitrogens with zero attached hydrogens (tertiary/aromatic N) is 1. The van der Waals surface area contributed by atoms with E-state index in [9.17, 15) is 9.59 Å². The fourth-order valence-electron chi connectivity index (χ4n) is 1.88. The van der Waals surface area contributed by atoms with Gasteiger partial charge in [-0.25, -0.2) is 9.59 Å². The maximum absolute atomic E-state index is 11.2. The molecule has 0 radical (unpaired) electrons. The van der Waals surface area contributed by atoms with Crippen LogP contribution in [0.1, 0.15) is 28.1 Å². The van der Waals surface area contributed by atoms with Crippen LogP contribution < -0.4 is 29.6 Å². The minimum Gasteiger partial charge on any atom is -1.00 e. The Kier molecular flexibility index (Phi) is 7.50. The van der Waals surface area contributed by atoms with Crippen LogP contribution in [0.3, 0.4) is 0 Å². The normalized spacial score (nSPS) is 19.8. The van der Waals surface area contributed by atoms with Crippen LogP contribution in [0.25, 0.3) is 0 Å².